The van der Waals surface area contributed by atoms with Crippen LogP contribution in [0.2, 0.25) is 0 Å². The molecule has 0 aromatic carbocycles. The van der Waals surface area contributed by atoms with Crippen LogP contribution in [0.5, 0.6) is 0 Å². The smallest absolute Gasteiger partial charge is 0.0624 e. The summed E-state index contributed by atoms with van der Waals surface area (Å²) in [4.78, 5) is 0. The average Bonchev–Trinajstić information content (AvgIpc) is 2.31. The van der Waals surface area contributed by atoms with Gasteiger partial charge in [0.15, 0.2) is 0 Å². The number of ether oxygens (including phenoxy) is 1. The number of nitrogens with one attached hydrogen (secondary N) is 1. The number of rotatable bonds is 3. The van der Waals surface area contributed by atoms with E-state index in [9.17, 15) is 0 Å². The van der Waals surface area contributed by atoms with Crippen LogP contribution in [-0.4, -0.2) is 25.3 Å². The minimum absolute atomic E-state index is 0.458. The SMILES string of the molecule is CC(C)CNC1COC(C)C1. The lowest BCUT2D eigenvalue weighted by molar-refractivity contribution is 0.122. The van der Waals surface area contributed by atoms with Crippen molar-refractivity contribution in [3.8, 4) is 0 Å². The summed E-state index contributed by atoms with van der Waals surface area (Å²) in [5.41, 5.74) is 0. The van der Waals surface area contributed by atoms with Crippen LogP contribution < -0.4 is 5.32 Å². The van der Waals surface area contributed by atoms with E-state index in [4.69, 9.17) is 4.74 Å². The zero-order valence-electron chi connectivity index (χ0n) is 7.76. The van der Waals surface area contributed by atoms with Crippen molar-refractivity contribution in [2.75, 3.05) is 13.2 Å². The third kappa shape index (κ3) is 3.21. The summed E-state index contributed by atoms with van der Waals surface area (Å²) >= 11 is 0. The fourth-order valence-electron chi connectivity index (χ4n) is 1.36. The third-order valence-corrected chi connectivity index (χ3v) is 2.01. The van der Waals surface area contributed by atoms with Gasteiger partial charge in [-0.1, -0.05) is 13.8 Å². The quantitative estimate of drug-likeness (QED) is 0.669. The van der Waals surface area contributed by atoms with E-state index in [2.05, 4.69) is 26.1 Å². The summed E-state index contributed by atoms with van der Waals surface area (Å²) in [6.45, 7) is 8.60. The molecule has 0 aromatic heterocycles. The van der Waals surface area contributed by atoms with Crippen molar-refractivity contribution < 1.29 is 4.74 Å². The van der Waals surface area contributed by atoms with Gasteiger partial charge in [-0.25, -0.2) is 0 Å². The number of hydrogen-bond acceptors (Lipinski definition) is 2. The molecule has 2 nitrogen and oxygen atoms in total. The summed E-state index contributed by atoms with van der Waals surface area (Å²) in [5.74, 6) is 0.742. The van der Waals surface area contributed by atoms with Crippen LogP contribution in [0, 0.1) is 5.92 Å². The van der Waals surface area contributed by atoms with Gasteiger partial charge >= 0.3 is 0 Å². The van der Waals surface area contributed by atoms with E-state index >= 15 is 0 Å². The zero-order valence-corrected chi connectivity index (χ0v) is 7.76. The van der Waals surface area contributed by atoms with Crippen molar-refractivity contribution in [3.05, 3.63) is 0 Å². The predicted octanol–water partition coefficient (Wildman–Crippen LogP) is 1.41. The van der Waals surface area contributed by atoms with Crippen molar-refractivity contribution in [2.45, 2.75) is 39.3 Å². The maximum atomic E-state index is 5.44. The maximum Gasteiger partial charge on any atom is 0.0624 e. The Morgan fingerprint density at radius 1 is 1.55 bits per heavy atom. The number of hydrogen-bond donors (Lipinski definition) is 1. The molecule has 1 aliphatic heterocycles. The van der Waals surface area contributed by atoms with E-state index in [1.165, 1.54) is 6.42 Å². The Balaban J connectivity index is 2.08. The largest absolute Gasteiger partial charge is 0.377 e. The second-order valence-corrected chi connectivity index (χ2v) is 3.88. The van der Waals surface area contributed by atoms with Gasteiger partial charge in [0.05, 0.1) is 12.7 Å². The first-order valence-electron chi connectivity index (χ1n) is 4.53. The first-order valence-corrected chi connectivity index (χ1v) is 4.53. The molecule has 0 amide bonds. The molecule has 0 bridgehead atoms. The molecular weight excluding hydrogens is 138 g/mol. The lowest BCUT2D eigenvalue weighted by Gasteiger charge is -2.12. The van der Waals surface area contributed by atoms with E-state index in [1.807, 2.05) is 0 Å². The first-order chi connectivity index (χ1) is 5.18. The highest BCUT2D eigenvalue weighted by molar-refractivity contribution is 4.76. The Labute approximate surface area is 69.3 Å². The molecule has 1 aliphatic rings. The van der Waals surface area contributed by atoms with Crippen molar-refractivity contribution in [2.24, 2.45) is 5.92 Å². The Morgan fingerprint density at radius 2 is 2.27 bits per heavy atom. The van der Waals surface area contributed by atoms with Crippen LogP contribution in [0.25, 0.3) is 0 Å². The van der Waals surface area contributed by atoms with Gasteiger partial charge < -0.3 is 10.1 Å². The normalized spacial score (nSPS) is 31.6. The molecule has 1 saturated heterocycles. The summed E-state index contributed by atoms with van der Waals surface area (Å²) in [6, 6.07) is 0.604. The molecule has 0 aromatic rings. The third-order valence-electron chi connectivity index (χ3n) is 2.01. The van der Waals surface area contributed by atoms with E-state index in [-0.39, 0.29) is 0 Å². The van der Waals surface area contributed by atoms with E-state index in [0.29, 0.717) is 12.1 Å². The minimum atomic E-state index is 0.458. The van der Waals surface area contributed by atoms with Gasteiger partial charge in [0, 0.05) is 6.04 Å². The molecule has 2 unspecified atom stereocenters. The molecule has 1 fully saturated rings. The first kappa shape index (κ1) is 9.01. The van der Waals surface area contributed by atoms with Crippen LogP contribution in [-0.2, 0) is 4.74 Å². The molecular formula is C9H19NO. The van der Waals surface area contributed by atoms with Crippen molar-refractivity contribution in [1.82, 2.24) is 5.32 Å². The van der Waals surface area contributed by atoms with Crippen LogP contribution >= 0.6 is 0 Å². The van der Waals surface area contributed by atoms with Crippen LogP contribution in [0.3, 0.4) is 0 Å². The fraction of sp³-hybridized carbons (Fsp3) is 1.00. The summed E-state index contributed by atoms with van der Waals surface area (Å²) in [6.07, 6.45) is 1.63. The van der Waals surface area contributed by atoms with Gasteiger partial charge in [-0.2, -0.15) is 0 Å². The Morgan fingerprint density at radius 3 is 2.73 bits per heavy atom. The maximum absolute atomic E-state index is 5.44. The second kappa shape index (κ2) is 4.07. The van der Waals surface area contributed by atoms with E-state index < -0.39 is 0 Å². The standard InChI is InChI=1S/C9H19NO/c1-7(2)5-10-9-4-8(3)11-6-9/h7-10H,4-6H2,1-3H3. The molecule has 1 rings (SSSR count). The summed E-state index contributed by atoms with van der Waals surface area (Å²) in [7, 11) is 0. The molecule has 66 valence electrons. The molecule has 1 N–H and O–H groups in total. The second-order valence-electron chi connectivity index (χ2n) is 3.88. The molecule has 1 heterocycles. The van der Waals surface area contributed by atoms with Gasteiger partial charge in [-0.15, -0.1) is 0 Å². The topological polar surface area (TPSA) is 21.3 Å². The lowest BCUT2D eigenvalue weighted by Crippen LogP contribution is -2.32. The van der Waals surface area contributed by atoms with E-state index in [0.717, 1.165) is 19.1 Å². The van der Waals surface area contributed by atoms with Crippen molar-refractivity contribution >= 4 is 0 Å². The lowest BCUT2D eigenvalue weighted by atomic mass is 10.1. The highest BCUT2D eigenvalue weighted by atomic mass is 16.5. The fourth-order valence-corrected chi connectivity index (χ4v) is 1.36. The molecule has 0 saturated carbocycles. The van der Waals surface area contributed by atoms with Gasteiger partial charge in [0.1, 0.15) is 0 Å². The molecule has 0 radical (unpaired) electrons. The highest BCUT2D eigenvalue weighted by Gasteiger charge is 2.20. The molecule has 0 spiro atoms. The minimum Gasteiger partial charge on any atom is -0.377 e. The molecule has 0 aliphatic carbocycles. The molecule has 11 heavy (non-hydrogen) atoms. The monoisotopic (exact) mass is 157 g/mol. The van der Waals surface area contributed by atoms with Crippen LogP contribution in [0.4, 0.5) is 0 Å². The van der Waals surface area contributed by atoms with Crippen LogP contribution in [0.1, 0.15) is 27.2 Å². The Kier molecular flexibility index (Phi) is 3.34. The van der Waals surface area contributed by atoms with Crippen LogP contribution in [0.15, 0.2) is 0 Å². The van der Waals surface area contributed by atoms with Gasteiger partial charge in [0.25, 0.3) is 0 Å². The highest BCUT2D eigenvalue weighted by Crippen LogP contribution is 2.11. The van der Waals surface area contributed by atoms with Gasteiger partial charge in [-0.3, -0.25) is 0 Å². The zero-order chi connectivity index (χ0) is 8.27. The van der Waals surface area contributed by atoms with Crippen molar-refractivity contribution in [1.29, 1.82) is 0 Å². The van der Waals surface area contributed by atoms with E-state index in [1.54, 1.807) is 0 Å². The van der Waals surface area contributed by atoms with Gasteiger partial charge in [0.2, 0.25) is 0 Å². The van der Waals surface area contributed by atoms with Crippen molar-refractivity contribution in [3.63, 3.8) is 0 Å². The Bertz CT molecular complexity index is 114. The Hall–Kier alpha value is -0.0800. The predicted molar refractivity (Wildman–Crippen MR) is 46.7 cm³/mol. The average molecular weight is 157 g/mol. The molecule has 2 heteroatoms. The molecule has 2 atom stereocenters. The summed E-state index contributed by atoms with van der Waals surface area (Å²) < 4.78 is 5.44. The summed E-state index contributed by atoms with van der Waals surface area (Å²) in [5, 5.41) is 3.49. The van der Waals surface area contributed by atoms with Gasteiger partial charge in [-0.05, 0) is 25.8 Å².